The summed E-state index contributed by atoms with van der Waals surface area (Å²) in [7, 11) is 0. The van der Waals surface area contributed by atoms with Gasteiger partial charge in [0.05, 0.1) is 17.9 Å². The van der Waals surface area contributed by atoms with Crippen molar-refractivity contribution in [1.82, 2.24) is 10.1 Å². The molecule has 1 saturated heterocycles. The number of aromatic nitrogens is 2. The monoisotopic (exact) mass is 367 g/mol. The van der Waals surface area contributed by atoms with Crippen molar-refractivity contribution in [3.63, 3.8) is 0 Å². The van der Waals surface area contributed by atoms with Gasteiger partial charge in [-0.2, -0.15) is 4.98 Å². The van der Waals surface area contributed by atoms with E-state index in [2.05, 4.69) is 10.1 Å². The molecule has 6 nitrogen and oxygen atoms in total. The molecule has 0 bridgehead atoms. The minimum atomic E-state index is -0.425. The number of hydrogen-bond acceptors (Lipinski definition) is 5. The van der Waals surface area contributed by atoms with Crippen LogP contribution in [0.4, 0.5) is 10.1 Å². The van der Waals surface area contributed by atoms with E-state index in [9.17, 15) is 9.18 Å². The molecule has 1 amide bonds. The van der Waals surface area contributed by atoms with E-state index in [4.69, 9.17) is 9.26 Å². The van der Waals surface area contributed by atoms with Gasteiger partial charge >= 0.3 is 0 Å². The Morgan fingerprint density at radius 3 is 2.81 bits per heavy atom. The molecule has 0 N–H and O–H groups in total. The average molecular weight is 367 g/mol. The second-order valence-electron chi connectivity index (χ2n) is 6.24. The van der Waals surface area contributed by atoms with Crippen LogP contribution in [0.25, 0.3) is 11.5 Å². The fourth-order valence-corrected chi connectivity index (χ4v) is 3.22. The van der Waals surface area contributed by atoms with Crippen molar-refractivity contribution in [2.24, 2.45) is 0 Å². The van der Waals surface area contributed by atoms with E-state index < -0.39 is 5.82 Å². The summed E-state index contributed by atoms with van der Waals surface area (Å²) in [5.41, 5.74) is 0.976. The third kappa shape index (κ3) is 3.28. The van der Waals surface area contributed by atoms with Crippen LogP contribution in [0.2, 0.25) is 0 Å². The van der Waals surface area contributed by atoms with Crippen LogP contribution in [-0.2, 0) is 4.79 Å². The summed E-state index contributed by atoms with van der Waals surface area (Å²) in [5, 5.41) is 4.05. The molecule has 2 heterocycles. The van der Waals surface area contributed by atoms with Gasteiger partial charge in [0.1, 0.15) is 11.6 Å². The van der Waals surface area contributed by atoms with Crippen molar-refractivity contribution < 1.29 is 18.4 Å². The lowest BCUT2D eigenvalue weighted by Crippen LogP contribution is -2.25. The fraction of sp³-hybridized carbons (Fsp3) is 0.250. The maximum atomic E-state index is 14.0. The molecule has 0 radical (unpaired) electrons. The number of benzene rings is 2. The normalized spacial score (nSPS) is 16.7. The maximum absolute atomic E-state index is 14.0. The summed E-state index contributed by atoms with van der Waals surface area (Å²) < 4.78 is 25.0. The second-order valence-corrected chi connectivity index (χ2v) is 6.24. The fourth-order valence-electron chi connectivity index (χ4n) is 3.22. The highest BCUT2D eigenvalue weighted by Gasteiger charge is 2.35. The van der Waals surface area contributed by atoms with Crippen LogP contribution in [0.3, 0.4) is 0 Å². The van der Waals surface area contributed by atoms with Gasteiger partial charge in [0.2, 0.25) is 5.91 Å². The third-order valence-corrected chi connectivity index (χ3v) is 4.49. The van der Waals surface area contributed by atoms with Gasteiger partial charge in [-0.15, -0.1) is 0 Å². The van der Waals surface area contributed by atoms with Crippen molar-refractivity contribution in [3.05, 3.63) is 60.2 Å². The number of ether oxygens (including phenoxy) is 1. The van der Waals surface area contributed by atoms with Crippen LogP contribution < -0.4 is 9.64 Å². The van der Waals surface area contributed by atoms with Crippen molar-refractivity contribution in [3.8, 4) is 17.2 Å². The highest BCUT2D eigenvalue weighted by Crippen LogP contribution is 2.34. The molecule has 0 aliphatic carbocycles. The Labute approximate surface area is 155 Å². The second kappa shape index (κ2) is 7.19. The third-order valence-electron chi connectivity index (χ3n) is 4.49. The Morgan fingerprint density at radius 2 is 2.00 bits per heavy atom. The summed E-state index contributed by atoms with van der Waals surface area (Å²) in [6.07, 6.45) is 0.209. The molecule has 2 aromatic carbocycles. The summed E-state index contributed by atoms with van der Waals surface area (Å²) in [4.78, 5) is 18.3. The van der Waals surface area contributed by atoms with E-state index in [0.717, 1.165) is 0 Å². The predicted octanol–water partition coefficient (Wildman–Crippen LogP) is 3.79. The highest BCUT2D eigenvalue weighted by molar-refractivity contribution is 5.96. The molecule has 1 fully saturated rings. The molecule has 3 aromatic rings. The number of hydrogen-bond donors (Lipinski definition) is 0. The summed E-state index contributed by atoms with van der Waals surface area (Å²) >= 11 is 0. The van der Waals surface area contributed by atoms with Gasteiger partial charge in [0.15, 0.2) is 5.82 Å². The number of carbonyl (C=O) groups is 1. The Balaban J connectivity index is 1.58. The van der Waals surface area contributed by atoms with Crippen LogP contribution in [0.1, 0.15) is 25.1 Å². The molecule has 0 spiro atoms. The topological polar surface area (TPSA) is 68.5 Å². The van der Waals surface area contributed by atoms with Gasteiger partial charge < -0.3 is 14.2 Å². The number of para-hydroxylation sites is 2. The van der Waals surface area contributed by atoms with E-state index in [1.54, 1.807) is 18.2 Å². The molecule has 4 rings (SSSR count). The molecular formula is C20H18FN3O3. The number of rotatable bonds is 5. The highest BCUT2D eigenvalue weighted by atomic mass is 19.1. The number of halogens is 1. The zero-order valence-electron chi connectivity index (χ0n) is 14.8. The number of nitrogens with zero attached hydrogens (tertiary/aromatic N) is 3. The SMILES string of the molecule is CCOc1ccccc1-c1nc(C2CC(=O)N(c3ccccc3F)C2)no1. The molecule has 27 heavy (non-hydrogen) atoms. The van der Waals surface area contributed by atoms with Gasteiger partial charge in [0.25, 0.3) is 5.89 Å². The molecule has 1 atom stereocenters. The molecule has 1 aliphatic rings. The first-order valence-electron chi connectivity index (χ1n) is 8.78. The smallest absolute Gasteiger partial charge is 0.261 e. The average Bonchev–Trinajstić information content (AvgIpc) is 3.30. The predicted molar refractivity (Wildman–Crippen MR) is 97.0 cm³/mol. The Morgan fingerprint density at radius 1 is 1.22 bits per heavy atom. The molecule has 1 aliphatic heterocycles. The van der Waals surface area contributed by atoms with Crippen LogP contribution >= 0.6 is 0 Å². The van der Waals surface area contributed by atoms with Crippen LogP contribution in [0.15, 0.2) is 53.1 Å². The maximum Gasteiger partial charge on any atom is 0.261 e. The van der Waals surface area contributed by atoms with E-state index in [1.807, 2.05) is 31.2 Å². The van der Waals surface area contributed by atoms with Crippen molar-refractivity contribution in [2.75, 3.05) is 18.1 Å². The quantitative estimate of drug-likeness (QED) is 0.686. The van der Waals surface area contributed by atoms with E-state index in [1.165, 1.54) is 11.0 Å². The molecule has 7 heteroatoms. The summed E-state index contributed by atoms with van der Waals surface area (Å²) in [5.74, 6) is 0.589. The number of carbonyl (C=O) groups excluding carboxylic acids is 1. The van der Waals surface area contributed by atoms with E-state index >= 15 is 0 Å². The number of amides is 1. The lowest BCUT2D eigenvalue weighted by Gasteiger charge is -2.16. The van der Waals surface area contributed by atoms with Crippen molar-refractivity contribution >= 4 is 11.6 Å². The van der Waals surface area contributed by atoms with Gasteiger partial charge in [-0.25, -0.2) is 4.39 Å². The molecule has 138 valence electrons. The molecule has 0 saturated carbocycles. The van der Waals surface area contributed by atoms with Crippen LogP contribution in [-0.4, -0.2) is 29.2 Å². The Hall–Kier alpha value is -3.22. The van der Waals surface area contributed by atoms with Crippen molar-refractivity contribution in [2.45, 2.75) is 19.3 Å². The zero-order chi connectivity index (χ0) is 18.8. The summed E-state index contributed by atoms with van der Waals surface area (Å²) in [6.45, 7) is 2.73. The van der Waals surface area contributed by atoms with Gasteiger partial charge in [-0.1, -0.05) is 29.4 Å². The lowest BCUT2D eigenvalue weighted by atomic mass is 10.1. The number of anilines is 1. The first-order chi connectivity index (χ1) is 13.2. The van der Waals surface area contributed by atoms with Gasteiger partial charge in [-0.05, 0) is 31.2 Å². The van der Waals surface area contributed by atoms with Crippen LogP contribution in [0.5, 0.6) is 5.75 Å². The van der Waals surface area contributed by atoms with E-state index in [-0.39, 0.29) is 23.9 Å². The molecular weight excluding hydrogens is 349 g/mol. The first-order valence-corrected chi connectivity index (χ1v) is 8.78. The van der Waals surface area contributed by atoms with Crippen LogP contribution in [0, 0.1) is 5.82 Å². The minimum Gasteiger partial charge on any atom is -0.493 e. The lowest BCUT2D eigenvalue weighted by molar-refractivity contribution is -0.117. The largest absolute Gasteiger partial charge is 0.493 e. The molecule has 1 unspecified atom stereocenters. The van der Waals surface area contributed by atoms with Gasteiger partial charge in [0, 0.05) is 18.9 Å². The minimum absolute atomic E-state index is 0.161. The molecule has 1 aromatic heterocycles. The van der Waals surface area contributed by atoms with E-state index in [0.29, 0.717) is 36.2 Å². The Bertz CT molecular complexity index is 972. The zero-order valence-corrected chi connectivity index (χ0v) is 14.8. The summed E-state index contributed by atoms with van der Waals surface area (Å²) in [6, 6.07) is 13.6. The van der Waals surface area contributed by atoms with Gasteiger partial charge in [-0.3, -0.25) is 4.79 Å². The Kier molecular flexibility index (Phi) is 4.58. The standard InChI is InChI=1S/C20H18FN3O3/c1-2-26-17-10-6-3-7-14(17)20-22-19(23-27-20)13-11-18(25)24(12-13)16-9-5-4-8-15(16)21/h3-10,13H,2,11-12H2,1H3. The first kappa shape index (κ1) is 17.2. The van der Waals surface area contributed by atoms with Crippen molar-refractivity contribution in [1.29, 1.82) is 0 Å².